The number of hydrogen-bond acceptors (Lipinski definition) is 7. The number of carboxylic acids is 1. The molecule has 66 heavy (non-hydrogen) atoms. The summed E-state index contributed by atoms with van der Waals surface area (Å²) < 4.78 is 17.3. The molecule has 8 heteroatoms. The molecule has 0 saturated carbocycles. The molecule has 0 radical (unpaired) electrons. The molecule has 0 rings (SSSR count). The number of rotatable bonds is 48. The number of aliphatic carboxylic acids is 1. The van der Waals surface area contributed by atoms with Crippen LogP contribution in [0.25, 0.3) is 0 Å². The Bertz CT molecular complexity index is 1310. The van der Waals surface area contributed by atoms with Crippen molar-refractivity contribution in [3.63, 3.8) is 0 Å². The highest BCUT2D eigenvalue weighted by Crippen LogP contribution is 2.15. The van der Waals surface area contributed by atoms with E-state index in [1.165, 1.54) is 109 Å². The SMILES string of the molecule is CC/C=C/C/C=C/C/C=C/C/C=C/C/C=C/CCCCCCCCC(=O)OCC(COCCC(C(=O)[O-])[N+](C)(C)C)OC(=O)CCCCCCCCC/C=C/CCCCCCCCCCC. The van der Waals surface area contributed by atoms with Crippen molar-refractivity contribution in [2.75, 3.05) is 41.0 Å². The molecule has 0 aliphatic carbocycles. The lowest BCUT2D eigenvalue weighted by molar-refractivity contribution is -0.889. The molecule has 0 aliphatic heterocycles. The second-order valence-corrected chi connectivity index (χ2v) is 19.1. The van der Waals surface area contributed by atoms with Gasteiger partial charge in [0.05, 0.1) is 40.3 Å². The first kappa shape index (κ1) is 62.8. The molecule has 0 saturated heterocycles. The number of carbonyl (C=O) groups excluding carboxylic acids is 3. The van der Waals surface area contributed by atoms with Gasteiger partial charge in [0.25, 0.3) is 0 Å². The quantitative estimate of drug-likeness (QED) is 0.0259. The van der Waals surface area contributed by atoms with Crippen LogP contribution in [0.5, 0.6) is 0 Å². The first-order chi connectivity index (χ1) is 32.1. The van der Waals surface area contributed by atoms with Crippen LogP contribution in [0.15, 0.2) is 72.9 Å². The molecule has 0 spiro atoms. The third kappa shape index (κ3) is 45.9. The van der Waals surface area contributed by atoms with Crippen molar-refractivity contribution in [3.05, 3.63) is 72.9 Å². The molecule has 380 valence electrons. The van der Waals surface area contributed by atoms with Crippen molar-refractivity contribution < 1.29 is 38.2 Å². The Morgan fingerprint density at radius 2 is 0.848 bits per heavy atom. The van der Waals surface area contributed by atoms with Gasteiger partial charge in [-0.3, -0.25) is 9.59 Å². The lowest BCUT2D eigenvalue weighted by Crippen LogP contribution is -2.55. The number of nitrogens with zero attached hydrogens (tertiary/aromatic N) is 1. The third-order valence-electron chi connectivity index (χ3n) is 11.8. The summed E-state index contributed by atoms with van der Waals surface area (Å²) in [5.41, 5.74) is 0. The summed E-state index contributed by atoms with van der Waals surface area (Å²) in [4.78, 5) is 37.1. The molecule has 8 nitrogen and oxygen atoms in total. The van der Waals surface area contributed by atoms with Crippen LogP contribution in [0.4, 0.5) is 0 Å². The van der Waals surface area contributed by atoms with Crippen molar-refractivity contribution >= 4 is 17.9 Å². The average molecular weight is 924 g/mol. The smallest absolute Gasteiger partial charge is 0.306 e. The van der Waals surface area contributed by atoms with Gasteiger partial charge in [0.2, 0.25) is 0 Å². The minimum absolute atomic E-state index is 0.0317. The van der Waals surface area contributed by atoms with Gasteiger partial charge in [-0.1, -0.05) is 196 Å². The maximum Gasteiger partial charge on any atom is 0.306 e. The number of carbonyl (C=O) groups is 3. The van der Waals surface area contributed by atoms with Crippen LogP contribution in [0, 0.1) is 0 Å². The van der Waals surface area contributed by atoms with E-state index < -0.39 is 18.1 Å². The Hall–Kier alpha value is -3.23. The molecule has 0 aromatic heterocycles. The fourth-order valence-electron chi connectivity index (χ4n) is 7.68. The summed E-state index contributed by atoms with van der Waals surface area (Å²) >= 11 is 0. The second kappa shape index (κ2) is 48.2. The van der Waals surface area contributed by atoms with Gasteiger partial charge in [-0.25, -0.2) is 0 Å². The first-order valence-electron chi connectivity index (χ1n) is 27.0. The Balaban J connectivity index is 4.26. The van der Waals surface area contributed by atoms with E-state index in [1.807, 2.05) is 0 Å². The van der Waals surface area contributed by atoms with Gasteiger partial charge in [-0.15, -0.1) is 0 Å². The predicted molar refractivity (Wildman–Crippen MR) is 277 cm³/mol. The van der Waals surface area contributed by atoms with E-state index in [9.17, 15) is 19.5 Å². The van der Waals surface area contributed by atoms with Crippen LogP contribution in [0.2, 0.25) is 0 Å². The molecule has 0 aromatic carbocycles. The highest BCUT2D eigenvalue weighted by atomic mass is 16.6. The van der Waals surface area contributed by atoms with Gasteiger partial charge < -0.3 is 28.6 Å². The number of allylic oxidation sites excluding steroid dienone is 12. The lowest BCUT2D eigenvalue weighted by Gasteiger charge is -2.34. The maximum atomic E-state index is 12.8. The molecule has 0 heterocycles. The number of ether oxygens (including phenoxy) is 3. The van der Waals surface area contributed by atoms with Crippen molar-refractivity contribution in [1.82, 2.24) is 0 Å². The van der Waals surface area contributed by atoms with E-state index in [4.69, 9.17) is 14.2 Å². The molecule has 2 unspecified atom stereocenters. The van der Waals surface area contributed by atoms with Gasteiger partial charge in [0, 0.05) is 19.3 Å². The summed E-state index contributed by atoms with van der Waals surface area (Å²) in [6.07, 6.45) is 62.2. The number of hydrogen-bond donors (Lipinski definition) is 0. The molecule has 0 aliphatic rings. The zero-order valence-corrected chi connectivity index (χ0v) is 43.3. The highest BCUT2D eigenvalue weighted by Gasteiger charge is 2.25. The highest BCUT2D eigenvalue weighted by molar-refractivity contribution is 5.70. The first-order valence-corrected chi connectivity index (χ1v) is 27.0. The van der Waals surface area contributed by atoms with Crippen LogP contribution < -0.4 is 5.11 Å². The third-order valence-corrected chi connectivity index (χ3v) is 11.8. The van der Waals surface area contributed by atoms with E-state index in [2.05, 4.69) is 86.8 Å². The van der Waals surface area contributed by atoms with Gasteiger partial charge in [-0.2, -0.15) is 0 Å². The van der Waals surface area contributed by atoms with Crippen LogP contribution in [-0.4, -0.2) is 75.5 Å². The minimum atomic E-state index is -1.13. The molecule has 0 bridgehead atoms. The Labute approximate surface area is 406 Å². The molecular weight excluding hydrogens is 823 g/mol. The zero-order valence-electron chi connectivity index (χ0n) is 43.3. The van der Waals surface area contributed by atoms with Crippen LogP contribution >= 0.6 is 0 Å². The second-order valence-electron chi connectivity index (χ2n) is 19.1. The fraction of sp³-hybridized carbons (Fsp3) is 0.741. The number of likely N-dealkylation sites (N-methyl/N-ethyl adjacent to an activating group) is 1. The minimum Gasteiger partial charge on any atom is -0.544 e. The molecule has 0 amide bonds. The Morgan fingerprint density at radius 1 is 0.470 bits per heavy atom. The number of esters is 2. The monoisotopic (exact) mass is 924 g/mol. The van der Waals surface area contributed by atoms with Gasteiger partial charge in [0.15, 0.2) is 6.10 Å². The Morgan fingerprint density at radius 3 is 1.27 bits per heavy atom. The lowest BCUT2D eigenvalue weighted by atomic mass is 10.1. The molecular formula is C58H101NO7. The van der Waals surface area contributed by atoms with Crippen molar-refractivity contribution in [1.29, 1.82) is 0 Å². The summed E-state index contributed by atoms with van der Waals surface area (Å²) in [6, 6.07) is -0.733. The van der Waals surface area contributed by atoms with Gasteiger partial charge >= 0.3 is 11.9 Å². The Kier molecular flexibility index (Phi) is 45.9. The van der Waals surface area contributed by atoms with Gasteiger partial charge in [-0.05, 0) is 83.5 Å². The van der Waals surface area contributed by atoms with Crippen LogP contribution in [0.3, 0.4) is 0 Å². The summed E-state index contributed by atoms with van der Waals surface area (Å²) in [6.45, 7) is 4.55. The van der Waals surface area contributed by atoms with E-state index in [-0.39, 0.29) is 42.7 Å². The average Bonchev–Trinajstić information content (AvgIpc) is 3.28. The van der Waals surface area contributed by atoms with E-state index in [0.717, 1.165) is 83.5 Å². The molecule has 0 fully saturated rings. The standard InChI is InChI=1S/C58H101NO7/c1-6-8-10-12-14-16-18-20-22-24-26-28-29-31-32-34-36-38-40-42-44-46-48-56(60)65-53-54(52-64-51-50-55(58(62)63)59(3,4)5)66-57(61)49-47-45-43-41-39-37-35-33-30-27-25-23-21-19-17-15-13-11-9-7-2/h8,10,14,16,20,22,26-28,30-32,54-55H,6-7,9,11-13,15,17-19,21,23-25,29,33-53H2,1-5H3/b10-8+,16-14+,22-20+,28-26+,30-27+,32-31+. The number of carboxylic acid groups (broad SMARTS) is 1. The summed E-state index contributed by atoms with van der Waals surface area (Å²) in [5, 5.41) is 11.7. The van der Waals surface area contributed by atoms with E-state index in [0.29, 0.717) is 12.8 Å². The number of unbranched alkanes of at least 4 members (excludes halogenated alkanes) is 22. The van der Waals surface area contributed by atoms with E-state index >= 15 is 0 Å². The zero-order chi connectivity index (χ0) is 48.4. The summed E-state index contributed by atoms with van der Waals surface area (Å²) in [7, 11) is 5.41. The molecule has 0 N–H and O–H groups in total. The van der Waals surface area contributed by atoms with Crippen molar-refractivity contribution in [2.24, 2.45) is 0 Å². The van der Waals surface area contributed by atoms with Crippen LogP contribution in [0.1, 0.15) is 226 Å². The molecule has 2 atom stereocenters. The normalized spacial score (nSPS) is 13.4. The van der Waals surface area contributed by atoms with Gasteiger partial charge in [0.1, 0.15) is 12.6 Å². The number of quaternary nitrogens is 1. The van der Waals surface area contributed by atoms with Crippen LogP contribution in [-0.2, 0) is 28.6 Å². The summed E-state index contributed by atoms with van der Waals surface area (Å²) in [5.74, 6) is -1.76. The topological polar surface area (TPSA) is 102 Å². The van der Waals surface area contributed by atoms with Crippen molar-refractivity contribution in [3.8, 4) is 0 Å². The molecule has 0 aromatic rings. The predicted octanol–water partition coefficient (Wildman–Crippen LogP) is 14.5. The van der Waals surface area contributed by atoms with Crippen molar-refractivity contribution in [2.45, 2.75) is 238 Å². The maximum absolute atomic E-state index is 12.8. The fourth-order valence-corrected chi connectivity index (χ4v) is 7.68. The largest absolute Gasteiger partial charge is 0.544 e. The van der Waals surface area contributed by atoms with E-state index in [1.54, 1.807) is 21.1 Å².